The van der Waals surface area contributed by atoms with E-state index in [1.54, 1.807) is 18.0 Å². The second-order valence-corrected chi connectivity index (χ2v) is 9.77. The number of fused-ring (bicyclic) bond motifs is 1. The molecule has 7 nitrogen and oxygen atoms in total. The molecule has 1 saturated heterocycles. The number of aromatic hydroxyl groups is 1. The zero-order chi connectivity index (χ0) is 21.0. The first-order valence-electron chi connectivity index (χ1n) is 10.9. The van der Waals surface area contributed by atoms with Gasteiger partial charge in [0.25, 0.3) is 0 Å². The van der Waals surface area contributed by atoms with Crippen molar-refractivity contribution in [2.45, 2.75) is 55.3 Å². The van der Waals surface area contributed by atoms with Crippen molar-refractivity contribution in [1.29, 1.82) is 0 Å². The van der Waals surface area contributed by atoms with Crippen molar-refractivity contribution in [3.05, 3.63) is 34.5 Å². The Labute approximate surface area is 175 Å². The summed E-state index contributed by atoms with van der Waals surface area (Å²) in [7, 11) is 3.85. The highest BCUT2D eigenvalue weighted by molar-refractivity contribution is 5.83. The highest BCUT2D eigenvalue weighted by Crippen LogP contribution is 2.67. The van der Waals surface area contributed by atoms with Gasteiger partial charge >= 0.3 is 0 Å². The van der Waals surface area contributed by atoms with Crippen LogP contribution in [0.25, 0.3) is 0 Å². The van der Waals surface area contributed by atoms with Crippen LogP contribution in [0.4, 0.5) is 0 Å². The lowest BCUT2D eigenvalue weighted by molar-refractivity contribution is -0.168. The Bertz CT molecular complexity index is 1010. The van der Waals surface area contributed by atoms with Crippen LogP contribution < -0.4 is 4.74 Å². The summed E-state index contributed by atoms with van der Waals surface area (Å²) in [6, 6.07) is 3.60. The maximum absolute atomic E-state index is 13.1. The molecule has 0 saturated carbocycles. The van der Waals surface area contributed by atoms with Crippen LogP contribution in [0.5, 0.6) is 11.5 Å². The molecule has 30 heavy (non-hydrogen) atoms. The van der Waals surface area contributed by atoms with Gasteiger partial charge in [-0.2, -0.15) is 0 Å². The molecule has 2 bridgehead atoms. The number of aliphatic hydroxyl groups is 2. The second-order valence-electron chi connectivity index (χ2n) is 9.77. The molecule has 6 rings (SSSR count). The number of ether oxygens (including phenoxy) is 1. The average Bonchev–Trinajstić information content (AvgIpc) is 3.05. The lowest BCUT2D eigenvalue weighted by Crippen LogP contribution is -2.75. The fraction of sp³-hybridized carbons (Fsp3) is 0.609. The highest BCUT2D eigenvalue weighted by Gasteiger charge is 2.73. The van der Waals surface area contributed by atoms with Crippen molar-refractivity contribution in [3.63, 3.8) is 0 Å². The molecule has 3 heterocycles. The second kappa shape index (κ2) is 5.78. The molecule has 160 valence electrons. The zero-order valence-electron chi connectivity index (χ0n) is 17.4. The van der Waals surface area contributed by atoms with Crippen LogP contribution in [0.2, 0.25) is 0 Å². The van der Waals surface area contributed by atoms with Crippen LogP contribution in [-0.2, 0) is 16.6 Å². The molecule has 0 radical (unpaired) electrons. The van der Waals surface area contributed by atoms with Gasteiger partial charge in [0.1, 0.15) is 0 Å². The van der Waals surface area contributed by atoms with Gasteiger partial charge < -0.3 is 29.9 Å². The van der Waals surface area contributed by atoms with Gasteiger partial charge in [0.2, 0.25) is 5.91 Å². The Morgan fingerprint density at radius 2 is 2.07 bits per heavy atom. The van der Waals surface area contributed by atoms with Crippen molar-refractivity contribution in [2.24, 2.45) is 5.92 Å². The number of piperidine rings is 1. The molecule has 7 heteroatoms. The van der Waals surface area contributed by atoms with E-state index < -0.39 is 17.1 Å². The summed E-state index contributed by atoms with van der Waals surface area (Å²) >= 11 is 0. The number of hydrogen-bond donors (Lipinski definition) is 3. The summed E-state index contributed by atoms with van der Waals surface area (Å²) in [5.41, 5.74) is 2.28. The monoisotopic (exact) mass is 412 g/mol. The van der Waals surface area contributed by atoms with Gasteiger partial charge in [0.15, 0.2) is 17.6 Å². The SMILES string of the molecule is CN1C(=O)[C@@H](CCO)CC2=C1[C@@H]1Oc3c(O)ccc4c3[C@@]13CCN(C)[C@H](C4)[C@]3(O)C2. The summed E-state index contributed by atoms with van der Waals surface area (Å²) in [6.07, 6.45) is 2.39. The van der Waals surface area contributed by atoms with E-state index in [9.17, 15) is 20.1 Å². The van der Waals surface area contributed by atoms with Crippen molar-refractivity contribution in [1.82, 2.24) is 9.80 Å². The molecule has 2 aliphatic carbocycles. The molecule has 1 aromatic carbocycles. The Balaban J connectivity index is 1.61. The van der Waals surface area contributed by atoms with Crippen LogP contribution >= 0.6 is 0 Å². The number of phenolic OH excluding ortho intramolecular Hbond substituents is 1. The number of rotatable bonds is 2. The van der Waals surface area contributed by atoms with Gasteiger partial charge in [-0.1, -0.05) is 6.07 Å². The fourth-order valence-electron chi connectivity index (χ4n) is 7.27. The first-order chi connectivity index (χ1) is 14.3. The third-order valence-corrected chi connectivity index (χ3v) is 8.59. The summed E-state index contributed by atoms with van der Waals surface area (Å²) in [5.74, 6) is 0.299. The lowest BCUT2D eigenvalue weighted by atomic mass is 9.48. The minimum atomic E-state index is -1.03. The number of carbonyl (C=O) groups is 1. The molecule has 5 atom stereocenters. The number of likely N-dealkylation sites (N-methyl/N-ethyl adjacent to an activating group) is 2. The molecule has 0 aromatic heterocycles. The maximum atomic E-state index is 13.1. The lowest BCUT2D eigenvalue weighted by Gasteiger charge is -2.63. The largest absolute Gasteiger partial charge is 0.504 e. The standard InChI is InChI=1S/C23H28N2O5/c1-24-7-6-22-17-12-3-4-15(27)19(17)30-20(22)18-14(11-23(22,29)16(24)10-12)9-13(5-8-26)21(28)25(18)2/h3-4,13,16,20,26-27,29H,5-11H2,1-2H3/t13-,16+,20-,22-,23+/m0/s1. The van der Waals surface area contributed by atoms with Gasteiger partial charge in [-0.05, 0) is 56.5 Å². The van der Waals surface area contributed by atoms with Crippen LogP contribution in [0, 0.1) is 5.92 Å². The van der Waals surface area contributed by atoms with E-state index in [0.29, 0.717) is 37.9 Å². The van der Waals surface area contributed by atoms with E-state index in [1.807, 2.05) is 6.07 Å². The first kappa shape index (κ1) is 18.7. The van der Waals surface area contributed by atoms with Gasteiger partial charge in [-0.25, -0.2) is 0 Å². The molecule has 0 unspecified atom stereocenters. The predicted molar refractivity (Wildman–Crippen MR) is 108 cm³/mol. The quantitative estimate of drug-likeness (QED) is 0.668. The fourth-order valence-corrected chi connectivity index (χ4v) is 7.27. The van der Waals surface area contributed by atoms with E-state index in [2.05, 4.69) is 11.9 Å². The number of hydrogen-bond acceptors (Lipinski definition) is 6. The van der Waals surface area contributed by atoms with E-state index in [-0.39, 0.29) is 30.2 Å². The smallest absolute Gasteiger partial charge is 0.230 e. The molecule has 1 aromatic rings. The summed E-state index contributed by atoms with van der Waals surface area (Å²) < 4.78 is 6.46. The number of nitrogens with zero attached hydrogens (tertiary/aromatic N) is 2. The third-order valence-electron chi connectivity index (χ3n) is 8.59. The normalized spacial score (nSPS) is 39.0. The topological polar surface area (TPSA) is 93.5 Å². The number of aliphatic hydroxyl groups excluding tert-OH is 1. The molecule has 1 fully saturated rings. The number of phenols is 1. The molecule has 1 spiro atoms. The maximum Gasteiger partial charge on any atom is 0.230 e. The number of carbonyl (C=O) groups excluding carboxylic acids is 1. The summed E-state index contributed by atoms with van der Waals surface area (Å²) in [6.45, 7) is 0.795. The zero-order valence-corrected chi connectivity index (χ0v) is 17.4. The summed E-state index contributed by atoms with van der Waals surface area (Å²) in [5, 5.41) is 32.5. The van der Waals surface area contributed by atoms with Gasteiger partial charge in [-0.3, -0.25) is 4.79 Å². The van der Waals surface area contributed by atoms with E-state index in [4.69, 9.17) is 4.74 Å². The molecule has 1 amide bonds. The van der Waals surface area contributed by atoms with E-state index in [1.165, 1.54) is 0 Å². The number of likely N-dealkylation sites (tertiary alicyclic amines) is 1. The van der Waals surface area contributed by atoms with Gasteiger partial charge in [0.05, 0.1) is 16.7 Å². The Morgan fingerprint density at radius 1 is 1.27 bits per heavy atom. The highest BCUT2D eigenvalue weighted by atomic mass is 16.5. The number of benzene rings is 1. The van der Waals surface area contributed by atoms with Crippen LogP contribution in [0.3, 0.4) is 0 Å². The Kier molecular flexibility index (Phi) is 3.59. The minimum absolute atomic E-state index is 0.00562. The van der Waals surface area contributed by atoms with Crippen LogP contribution in [0.15, 0.2) is 23.4 Å². The van der Waals surface area contributed by atoms with Crippen molar-refractivity contribution in [2.75, 3.05) is 27.2 Å². The first-order valence-corrected chi connectivity index (χ1v) is 10.9. The summed E-state index contributed by atoms with van der Waals surface area (Å²) in [4.78, 5) is 17.0. The molecular weight excluding hydrogens is 384 g/mol. The Hall–Kier alpha value is -2.09. The molecule has 3 aliphatic heterocycles. The van der Waals surface area contributed by atoms with E-state index >= 15 is 0 Å². The molecular formula is C23H28N2O5. The molecule has 3 N–H and O–H groups in total. The predicted octanol–water partition coefficient (Wildman–Crippen LogP) is 0.901. The van der Waals surface area contributed by atoms with E-state index in [0.717, 1.165) is 28.9 Å². The number of amides is 1. The van der Waals surface area contributed by atoms with Gasteiger partial charge in [0, 0.05) is 37.6 Å². The van der Waals surface area contributed by atoms with Gasteiger partial charge in [-0.15, -0.1) is 0 Å². The van der Waals surface area contributed by atoms with Crippen molar-refractivity contribution < 1.29 is 24.9 Å². The van der Waals surface area contributed by atoms with Crippen molar-refractivity contribution in [3.8, 4) is 11.5 Å². The minimum Gasteiger partial charge on any atom is -0.504 e. The van der Waals surface area contributed by atoms with Crippen LogP contribution in [-0.4, -0.2) is 76.0 Å². The van der Waals surface area contributed by atoms with Crippen LogP contribution in [0.1, 0.15) is 36.8 Å². The average molecular weight is 412 g/mol. The van der Waals surface area contributed by atoms with Crippen molar-refractivity contribution >= 4 is 5.91 Å². The third kappa shape index (κ3) is 1.90. The Morgan fingerprint density at radius 3 is 2.83 bits per heavy atom. The molecule has 5 aliphatic rings.